The van der Waals surface area contributed by atoms with Crippen LogP contribution in [0.2, 0.25) is 0 Å². The second-order valence-electron chi connectivity index (χ2n) is 5.48. The fraction of sp³-hybridized carbons (Fsp3) is 0.600. The molecule has 19 heavy (non-hydrogen) atoms. The van der Waals surface area contributed by atoms with Crippen LogP contribution in [0.1, 0.15) is 39.5 Å². The lowest BCUT2D eigenvalue weighted by molar-refractivity contribution is -0.142. The minimum Gasteiger partial charge on any atom is -0.478 e. The third kappa shape index (κ3) is 3.06. The van der Waals surface area contributed by atoms with Crippen LogP contribution in [0.5, 0.6) is 0 Å². The molecule has 0 saturated carbocycles. The Labute approximate surface area is 113 Å². The number of fused-ring (bicyclic) bond motifs is 1. The van der Waals surface area contributed by atoms with E-state index in [9.17, 15) is 9.59 Å². The maximum atomic E-state index is 11.7. The Bertz CT molecular complexity index is 447. The highest BCUT2D eigenvalue weighted by Crippen LogP contribution is 2.35. The minimum absolute atomic E-state index is 0.0864. The number of hydrogen-bond donors (Lipinski definition) is 1. The third-order valence-electron chi connectivity index (χ3n) is 4.09. The number of aliphatic carboxylic acids is 1. The Hall–Kier alpha value is -1.58. The summed E-state index contributed by atoms with van der Waals surface area (Å²) in [5.41, 5.74) is 1.61. The van der Waals surface area contributed by atoms with Gasteiger partial charge in [-0.2, -0.15) is 0 Å². The first-order chi connectivity index (χ1) is 8.99. The van der Waals surface area contributed by atoms with Crippen molar-refractivity contribution in [2.45, 2.75) is 45.6 Å². The van der Waals surface area contributed by atoms with Gasteiger partial charge in [0.25, 0.3) is 0 Å². The zero-order valence-electron chi connectivity index (χ0n) is 11.4. The van der Waals surface area contributed by atoms with E-state index < -0.39 is 5.97 Å². The fourth-order valence-corrected chi connectivity index (χ4v) is 2.82. The van der Waals surface area contributed by atoms with Crippen molar-refractivity contribution in [3.8, 4) is 0 Å². The molecular weight excluding hydrogens is 244 g/mol. The van der Waals surface area contributed by atoms with Crippen LogP contribution in [-0.2, 0) is 14.3 Å². The summed E-state index contributed by atoms with van der Waals surface area (Å²) in [5, 5.41) is 9.16. The fourth-order valence-electron chi connectivity index (χ4n) is 2.82. The number of carboxylic acids is 1. The van der Waals surface area contributed by atoms with Crippen LogP contribution in [0.15, 0.2) is 23.3 Å². The van der Waals surface area contributed by atoms with Crippen LogP contribution >= 0.6 is 0 Å². The first-order valence-corrected chi connectivity index (χ1v) is 6.79. The third-order valence-corrected chi connectivity index (χ3v) is 4.09. The van der Waals surface area contributed by atoms with Gasteiger partial charge in [0, 0.05) is 11.5 Å². The highest BCUT2D eigenvalue weighted by molar-refractivity contribution is 5.86. The van der Waals surface area contributed by atoms with Crippen molar-refractivity contribution in [3.63, 3.8) is 0 Å². The van der Waals surface area contributed by atoms with Crippen molar-refractivity contribution in [2.24, 2.45) is 11.8 Å². The molecule has 0 amide bonds. The van der Waals surface area contributed by atoms with Crippen LogP contribution in [-0.4, -0.2) is 23.1 Å². The molecule has 4 nitrogen and oxygen atoms in total. The van der Waals surface area contributed by atoms with Gasteiger partial charge in [0.15, 0.2) is 0 Å². The molecule has 0 aromatic carbocycles. The lowest BCUT2D eigenvalue weighted by Gasteiger charge is -2.19. The molecule has 104 valence electrons. The summed E-state index contributed by atoms with van der Waals surface area (Å²) in [4.78, 5) is 22.8. The molecule has 1 heterocycles. The molecule has 1 fully saturated rings. The van der Waals surface area contributed by atoms with E-state index in [-0.39, 0.29) is 23.9 Å². The van der Waals surface area contributed by atoms with Gasteiger partial charge in [-0.15, -0.1) is 0 Å². The first kappa shape index (κ1) is 13.8. The Balaban J connectivity index is 2.23. The number of esters is 1. The molecule has 0 radical (unpaired) electrons. The first-order valence-electron chi connectivity index (χ1n) is 6.79. The number of carbonyl (C=O) groups is 2. The largest absolute Gasteiger partial charge is 0.478 e. The van der Waals surface area contributed by atoms with Gasteiger partial charge in [-0.25, -0.2) is 4.79 Å². The normalized spacial score (nSPS) is 31.9. The second kappa shape index (κ2) is 5.59. The van der Waals surface area contributed by atoms with Crippen molar-refractivity contribution in [3.05, 3.63) is 23.3 Å². The monoisotopic (exact) mass is 264 g/mol. The number of ether oxygens (including phenoxy) is 1. The summed E-state index contributed by atoms with van der Waals surface area (Å²) in [5.74, 6) is -1.08. The Morgan fingerprint density at radius 2 is 2.16 bits per heavy atom. The van der Waals surface area contributed by atoms with E-state index in [0.717, 1.165) is 18.4 Å². The van der Waals surface area contributed by atoms with Crippen molar-refractivity contribution < 1.29 is 19.4 Å². The van der Waals surface area contributed by atoms with Gasteiger partial charge in [-0.1, -0.05) is 18.6 Å². The standard InChI is InChI=1S/C15H20O4/c1-9-4-3-5-11(14(16)17)6-7-12-10(2)15(18)19-13(12)8-9/h5,8,10,12-13H,3-4,6-7H2,1-2H3,(H,16,17). The molecule has 3 unspecified atom stereocenters. The van der Waals surface area contributed by atoms with Gasteiger partial charge in [-0.05, 0) is 38.7 Å². The van der Waals surface area contributed by atoms with Crippen LogP contribution < -0.4 is 0 Å². The van der Waals surface area contributed by atoms with Crippen molar-refractivity contribution in [2.75, 3.05) is 0 Å². The molecule has 2 rings (SSSR count). The number of hydrogen-bond acceptors (Lipinski definition) is 3. The number of rotatable bonds is 1. The van der Waals surface area contributed by atoms with Crippen molar-refractivity contribution in [1.29, 1.82) is 0 Å². The highest BCUT2D eigenvalue weighted by Gasteiger charge is 2.40. The lowest BCUT2D eigenvalue weighted by atomic mass is 9.84. The second-order valence-corrected chi connectivity index (χ2v) is 5.48. The zero-order valence-corrected chi connectivity index (χ0v) is 11.4. The van der Waals surface area contributed by atoms with Gasteiger partial charge in [0.1, 0.15) is 6.10 Å². The van der Waals surface area contributed by atoms with Crippen LogP contribution in [0.3, 0.4) is 0 Å². The number of carbonyl (C=O) groups excluding carboxylic acids is 1. The molecule has 1 aliphatic carbocycles. The average molecular weight is 264 g/mol. The minimum atomic E-state index is -0.850. The van der Waals surface area contributed by atoms with Gasteiger partial charge >= 0.3 is 11.9 Å². The predicted octanol–water partition coefficient (Wildman–Crippen LogP) is 2.70. The van der Waals surface area contributed by atoms with E-state index in [4.69, 9.17) is 9.84 Å². The average Bonchev–Trinajstić information content (AvgIpc) is 2.60. The molecule has 0 spiro atoms. The van der Waals surface area contributed by atoms with Crippen LogP contribution in [0.4, 0.5) is 0 Å². The summed E-state index contributed by atoms with van der Waals surface area (Å²) in [7, 11) is 0. The quantitative estimate of drug-likeness (QED) is 0.584. The summed E-state index contributed by atoms with van der Waals surface area (Å²) in [6, 6.07) is 0. The molecule has 1 saturated heterocycles. The molecule has 2 aliphatic rings. The van der Waals surface area contributed by atoms with Gasteiger partial charge in [0.05, 0.1) is 5.92 Å². The Morgan fingerprint density at radius 3 is 2.84 bits per heavy atom. The highest BCUT2D eigenvalue weighted by atomic mass is 16.6. The number of allylic oxidation sites excluding steroid dienone is 2. The summed E-state index contributed by atoms with van der Waals surface area (Å²) in [6.07, 6.45) is 6.38. The molecule has 1 N–H and O–H groups in total. The van der Waals surface area contributed by atoms with Crippen LogP contribution in [0, 0.1) is 11.8 Å². The Morgan fingerprint density at radius 1 is 1.42 bits per heavy atom. The Kier molecular flexibility index (Phi) is 4.08. The van der Waals surface area contributed by atoms with Gasteiger partial charge in [0.2, 0.25) is 0 Å². The van der Waals surface area contributed by atoms with Gasteiger partial charge < -0.3 is 9.84 Å². The number of carboxylic acid groups (broad SMARTS) is 1. The molecule has 3 atom stereocenters. The van der Waals surface area contributed by atoms with Crippen LogP contribution in [0.25, 0.3) is 0 Å². The molecule has 0 aromatic rings. The maximum Gasteiger partial charge on any atom is 0.331 e. The summed E-state index contributed by atoms with van der Waals surface area (Å²) >= 11 is 0. The molecule has 1 aliphatic heterocycles. The molecule has 0 bridgehead atoms. The summed E-state index contributed by atoms with van der Waals surface area (Å²) < 4.78 is 5.39. The molecular formula is C15H20O4. The smallest absolute Gasteiger partial charge is 0.331 e. The zero-order chi connectivity index (χ0) is 14.0. The van der Waals surface area contributed by atoms with E-state index in [0.29, 0.717) is 18.4 Å². The van der Waals surface area contributed by atoms with E-state index in [1.807, 2.05) is 26.0 Å². The summed E-state index contributed by atoms with van der Waals surface area (Å²) in [6.45, 7) is 3.87. The topological polar surface area (TPSA) is 63.6 Å². The molecule has 0 aromatic heterocycles. The van der Waals surface area contributed by atoms with Crippen molar-refractivity contribution in [1.82, 2.24) is 0 Å². The lowest BCUT2D eigenvalue weighted by Crippen LogP contribution is -2.19. The van der Waals surface area contributed by atoms with E-state index in [2.05, 4.69) is 0 Å². The van der Waals surface area contributed by atoms with E-state index in [1.54, 1.807) is 0 Å². The van der Waals surface area contributed by atoms with Gasteiger partial charge in [-0.3, -0.25) is 4.79 Å². The molecule has 4 heteroatoms. The predicted molar refractivity (Wildman–Crippen MR) is 70.5 cm³/mol. The SMILES string of the molecule is CC1=CC2OC(=O)C(C)C2CCC(C(=O)O)=CCC1. The van der Waals surface area contributed by atoms with Crippen molar-refractivity contribution >= 4 is 11.9 Å². The maximum absolute atomic E-state index is 11.7. The van der Waals surface area contributed by atoms with E-state index in [1.165, 1.54) is 0 Å². The van der Waals surface area contributed by atoms with E-state index >= 15 is 0 Å².